The third-order valence-corrected chi connectivity index (χ3v) is 5.72. The minimum Gasteiger partial charge on any atom is -0.354 e. The monoisotopic (exact) mass is 349 g/mol. The molecule has 1 aliphatic rings. The maximum atomic E-state index is 12.5. The molecule has 1 aliphatic heterocycles. The van der Waals surface area contributed by atoms with Gasteiger partial charge in [-0.1, -0.05) is 35.9 Å². The Hall–Kier alpha value is -1.43. The molecule has 122 valence electrons. The van der Waals surface area contributed by atoms with Crippen LogP contribution >= 0.6 is 22.9 Å². The predicted molar refractivity (Wildman–Crippen MR) is 94.0 cm³/mol. The molecule has 1 N–H and O–H groups in total. The molecule has 0 saturated carbocycles. The van der Waals surface area contributed by atoms with Gasteiger partial charge in [-0.15, -0.1) is 11.3 Å². The molecule has 0 aliphatic carbocycles. The van der Waals surface area contributed by atoms with E-state index in [0.717, 1.165) is 34.4 Å². The standard InChI is InChI=1S/C17H20ClN3OS/c1-11-16(18)23-15(20-11)7-8-19-17(22)14-9-12-5-3-4-6-13(12)10-21(14)2/h3-6,14H,7-10H2,1-2H3,(H,19,22). The lowest BCUT2D eigenvalue weighted by molar-refractivity contribution is -0.126. The highest BCUT2D eigenvalue weighted by atomic mass is 35.5. The molecule has 1 aromatic carbocycles. The van der Waals surface area contributed by atoms with E-state index in [2.05, 4.69) is 27.3 Å². The SMILES string of the molecule is Cc1nc(CCNC(=O)C2Cc3ccccc3CN2C)sc1Cl. The van der Waals surface area contributed by atoms with E-state index in [1.807, 2.05) is 26.1 Å². The molecule has 23 heavy (non-hydrogen) atoms. The molecule has 0 bridgehead atoms. The van der Waals surface area contributed by atoms with Gasteiger partial charge in [0, 0.05) is 19.5 Å². The Kier molecular flexibility index (Phi) is 4.99. The van der Waals surface area contributed by atoms with Crippen LogP contribution < -0.4 is 5.32 Å². The van der Waals surface area contributed by atoms with Crippen LogP contribution in [0.15, 0.2) is 24.3 Å². The van der Waals surface area contributed by atoms with Crippen molar-refractivity contribution in [1.29, 1.82) is 0 Å². The first-order chi connectivity index (χ1) is 11.0. The molecule has 3 rings (SSSR count). The number of carbonyl (C=O) groups is 1. The van der Waals surface area contributed by atoms with Gasteiger partial charge >= 0.3 is 0 Å². The Morgan fingerprint density at radius 2 is 2.17 bits per heavy atom. The second-order valence-corrected chi connectivity index (χ2v) is 7.60. The Bertz CT molecular complexity index is 696. The van der Waals surface area contributed by atoms with Crippen molar-refractivity contribution in [2.24, 2.45) is 0 Å². The molecule has 1 amide bonds. The van der Waals surface area contributed by atoms with Crippen molar-refractivity contribution in [1.82, 2.24) is 15.2 Å². The maximum Gasteiger partial charge on any atom is 0.237 e. The third kappa shape index (κ3) is 3.74. The number of likely N-dealkylation sites (N-methyl/N-ethyl adjacent to an activating group) is 1. The first-order valence-corrected chi connectivity index (χ1v) is 8.90. The topological polar surface area (TPSA) is 45.2 Å². The van der Waals surface area contributed by atoms with Crippen LogP contribution in [0.1, 0.15) is 21.8 Å². The summed E-state index contributed by atoms with van der Waals surface area (Å²) in [6, 6.07) is 8.23. The van der Waals surface area contributed by atoms with Crippen molar-refractivity contribution in [3.8, 4) is 0 Å². The van der Waals surface area contributed by atoms with Crippen LogP contribution in [0.4, 0.5) is 0 Å². The van der Waals surface area contributed by atoms with Crippen molar-refractivity contribution >= 4 is 28.8 Å². The number of thiazole rings is 1. The summed E-state index contributed by atoms with van der Waals surface area (Å²) in [4.78, 5) is 19.0. The smallest absolute Gasteiger partial charge is 0.237 e. The van der Waals surface area contributed by atoms with Crippen LogP contribution in [0.5, 0.6) is 0 Å². The summed E-state index contributed by atoms with van der Waals surface area (Å²) in [6.07, 6.45) is 1.48. The van der Waals surface area contributed by atoms with Crippen molar-refractivity contribution in [3.05, 3.63) is 50.4 Å². The van der Waals surface area contributed by atoms with Crippen LogP contribution in [-0.2, 0) is 24.2 Å². The van der Waals surface area contributed by atoms with Gasteiger partial charge in [0.15, 0.2) is 0 Å². The second kappa shape index (κ2) is 6.99. The predicted octanol–water partition coefficient (Wildman–Crippen LogP) is 2.82. The van der Waals surface area contributed by atoms with E-state index in [1.165, 1.54) is 22.5 Å². The van der Waals surface area contributed by atoms with Crippen LogP contribution in [-0.4, -0.2) is 35.4 Å². The number of fused-ring (bicyclic) bond motifs is 1. The van der Waals surface area contributed by atoms with Gasteiger partial charge in [-0.25, -0.2) is 4.98 Å². The number of halogens is 1. The Labute approximate surface area is 145 Å². The summed E-state index contributed by atoms with van der Waals surface area (Å²) in [7, 11) is 2.00. The molecule has 1 unspecified atom stereocenters. The van der Waals surface area contributed by atoms with Crippen molar-refractivity contribution < 1.29 is 4.79 Å². The first-order valence-electron chi connectivity index (χ1n) is 7.71. The molecule has 0 radical (unpaired) electrons. The first kappa shape index (κ1) is 16.4. The van der Waals surface area contributed by atoms with Crippen LogP contribution in [0.3, 0.4) is 0 Å². The number of amides is 1. The highest BCUT2D eigenvalue weighted by Gasteiger charge is 2.28. The number of rotatable bonds is 4. The largest absolute Gasteiger partial charge is 0.354 e. The molecule has 1 atom stereocenters. The average Bonchev–Trinajstić information content (AvgIpc) is 2.84. The van der Waals surface area contributed by atoms with E-state index in [4.69, 9.17) is 11.6 Å². The number of hydrogen-bond acceptors (Lipinski definition) is 4. The fraction of sp³-hybridized carbons (Fsp3) is 0.412. The number of aromatic nitrogens is 1. The average molecular weight is 350 g/mol. The van der Waals surface area contributed by atoms with Crippen LogP contribution in [0, 0.1) is 6.92 Å². The van der Waals surface area contributed by atoms with E-state index in [9.17, 15) is 4.79 Å². The lowest BCUT2D eigenvalue weighted by Gasteiger charge is -2.33. The molecule has 2 aromatic rings. The van der Waals surface area contributed by atoms with Gasteiger partial charge in [0.05, 0.1) is 16.7 Å². The van der Waals surface area contributed by atoms with E-state index in [-0.39, 0.29) is 11.9 Å². The number of benzene rings is 1. The zero-order chi connectivity index (χ0) is 16.4. The number of nitrogens with one attached hydrogen (secondary N) is 1. The van der Waals surface area contributed by atoms with Gasteiger partial charge in [-0.05, 0) is 31.5 Å². The van der Waals surface area contributed by atoms with Gasteiger partial charge in [-0.3, -0.25) is 9.69 Å². The molecular weight excluding hydrogens is 330 g/mol. The lowest BCUT2D eigenvalue weighted by atomic mass is 9.94. The minimum absolute atomic E-state index is 0.0846. The zero-order valence-electron chi connectivity index (χ0n) is 13.3. The summed E-state index contributed by atoms with van der Waals surface area (Å²) < 4.78 is 0.731. The van der Waals surface area contributed by atoms with Crippen molar-refractivity contribution in [3.63, 3.8) is 0 Å². The second-order valence-electron chi connectivity index (χ2n) is 5.91. The van der Waals surface area contributed by atoms with Crippen molar-refractivity contribution in [2.45, 2.75) is 32.4 Å². The highest BCUT2D eigenvalue weighted by molar-refractivity contribution is 7.16. The number of aryl methyl sites for hydroxylation is 1. The molecule has 1 aromatic heterocycles. The summed E-state index contributed by atoms with van der Waals surface area (Å²) in [5, 5.41) is 4.00. The van der Waals surface area contributed by atoms with Gasteiger partial charge in [0.1, 0.15) is 4.34 Å². The molecule has 0 fully saturated rings. The normalized spacial score (nSPS) is 17.8. The molecular formula is C17H20ClN3OS. The fourth-order valence-corrected chi connectivity index (χ4v) is 3.99. The zero-order valence-corrected chi connectivity index (χ0v) is 14.9. The molecule has 0 saturated heterocycles. The molecule has 2 heterocycles. The molecule has 0 spiro atoms. The molecule has 4 nitrogen and oxygen atoms in total. The van der Waals surface area contributed by atoms with E-state index in [1.54, 1.807) is 0 Å². The Morgan fingerprint density at radius 3 is 2.87 bits per heavy atom. The Morgan fingerprint density at radius 1 is 1.43 bits per heavy atom. The number of hydrogen-bond donors (Lipinski definition) is 1. The van der Waals surface area contributed by atoms with E-state index < -0.39 is 0 Å². The summed E-state index contributed by atoms with van der Waals surface area (Å²) in [6.45, 7) is 3.30. The van der Waals surface area contributed by atoms with Crippen LogP contribution in [0.2, 0.25) is 4.34 Å². The van der Waals surface area contributed by atoms with Crippen LogP contribution in [0.25, 0.3) is 0 Å². The van der Waals surface area contributed by atoms with Gasteiger partial charge in [0.2, 0.25) is 5.91 Å². The summed E-state index contributed by atoms with van der Waals surface area (Å²) in [5.74, 6) is 0.0846. The molecule has 6 heteroatoms. The quantitative estimate of drug-likeness (QED) is 0.923. The Balaban J connectivity index is 1.56. The van der Waals surface area contributed by atoms with E-state index >= 15 is 0 Å². The van der Waals surface area contributed by atoms with Gasteiger partial charge in [0.25, 0.3) is 0 Å². The number of carbonyl (C=O) groups excluding carboxylic acids is 1. The summed E-state index contributed by atoms with van der Waals surface area (Å²) >= 11 is 7.51. The number of nitrogens with zero attached hydrogens (tertiary/aromatic N) is 2. The highest BCUT2D eigenvalue weighted by Crippen LogP contribution is 2.24. The van der Waals surface area contributed by atoms with Gasteiger partial charge < -0.3 is 5.32 Å². The van der Waals surface area contributed by atoms with Crippen molar-refractivity contribution in [2.75, 3.05) is 13.6 Å². The van der Waals surface area contributed by atoms with Gasteiger partial charge in [-0.2, -0.15) is 0 Å². The summed E-state index contributed by atoms with van der Waals surface area (Å²) in [5.41, 5.74) is 3.45. The lowest BCUT2D eigenvalue weighted by Crippen LogP contribution is -2.48. The fourth-order valence-electron chi connectivity index (χ4n) is 2.90. The minimum atomic E-state index is -0.105. The maximum absolute atomic E-state index is 12.5. The van der Waals surface area contributed by atoms with E-state index in [0.29, 0.717) is 6.54 Å². The third-order valence-electron chi connectivity index (χ3n) is 4.21.